The van der Waals surface area contributed by atoms with E-state index in [9.17, 15) is 15.0 Å². The molecule has 0 bridgehead atoms. The van der Waals surface area contributed by atoms with E-state index in [1.807, 2.05) is 6.08 Å². The normalized spacial score (nSPS) is 13.2. The molecule has 0 saturated carbocycles. The van der Waals surface area contributed by atoms with Crippen molar-refractivity contribution in [3.8, 4) is 0 Å². The lowest BCUT2D eigenvalue weighted by molar-refractivity contribution is -0.123. The van der Waals surface area contributed by atoms with E-state index in [1.54, 1.807) is 6.08 Å². The molecule has 0 saturated heterocycles. The number of rotatable bonds is 31. The van der Waals surface area contributed by atoms with Crippen LogP contribution in [0.4, 0.5) is 0 Å². The van der Waals surface area contributed by atoms with Crippen LogP contribution < -0.4 is 5.32 Å². The van der Waals surface area contributed by atoms with E-state index in [2.05, 4.69) is 19.2 Å². The van der Waals surface area contributed by atoms with E-state index < -0.39 is 12.1 Å². The van der Waals surface area contributed by atoms with Crippen LogP contribution in [0.5, 0.6) is 0 Å². The molecule has 0 fully saturated rings. The molecule has 0 aliphatic rings. The van der Waals surface area contributed by atoms with Gasteiger partial charge in [0.05, 0.1) is 18.8 Å². The maximum Gasteiger partial charge on any atom is 0.220 e. The van der Waals surface area contributed by atoms with E-state index in [0.29, 0.717) is 6.42 Å². The molecule has 0 rings (SSSR count). The third-order valence-electron chi connectivity index (χ3n) is 8.02. The number of hydrogen-bond donors (Lipinski definition) is 3. The predicted octanol–water partition coefficient (Wildman–Crippen LogP) is 9.95. The van der Waals surface area contributed by atoms with Gasteiger partial charge in [0.25, 0.3) is 0 Å². The van der Waals surface area contributed by atoms with Gasteiger partial charge in [-0.05, 0) is 19.3 Å². The monoisotopic (exact) mass is 552 g/mol. The summed E-state index contributed by atoms with van der Waals surface area (Å²) in [6.07, 6.45) is 37.2. The molecule has 0 aromatic heterocycles. The molecule has 4 nitrogen and oxygen atoms in total. The number of carbonyl (C=O) groups excluding carboxylic acids is 1. The summed E-state index contributed by atoms with van der Waals surface area (Å²) in [6, 6.07) is -0.613. The summed E-state index contributed by atoms with van der Waals surface area (Å²) >= 11 is 0. The first kappa shape index (κ1) is 38.1. The number of aliphatic hydroxyl groups is 2. The molecule has 39 heavy (non-hydrogen) atoms. The number of aliphatic hydroxyl groups excluding tert-OH is 2. The average Bonchev–Trinajstić information content (AvgIpc) is 2.94. The van der Waals surface area contributed by atoms with Crippen LogP contribution >= 0.6 is 0 Å². The lowest BCUT2D eigenvalue weighted by Gasteiger charge is -2.20. The van der Waals surface area contributed by atoms with Crippen LogP contribution in [0.15, 0.2) is 12.2 Å². The van der Waals surface area contributed by atoms with Gasteiger partial charge in [0.1, 0.15) is 0 Å². The second kappa shape index (κ2) is 31.7. The molecular weight excluding hydrogens is 482 g/mol. The summed E-state index contributed by atoms with van der Waals surface area (Å²) in [5.74, 6) is -0.0641. The number of unbranched alkanes of at least 4 members (excludes halogenated alkanes) is 24. The van der Waals surface area contributed by atoms with Crippen LogP contribution in [0.1, 0.15) is 187 Å². The smallest absolute Gasteiger partial charge is 0.220 e. The van der Waals surface area contributed by atoms with Gasteiger partial charge in [0.2, 0.25) is 5.91 Å². The Kier molecular flexibility index (Phi) is 30.9. The first-order chi connectivity index (χ1) is 19.2. The Morgan fingerprint density at radius 3 is 1.33 bits per heavy atom. The standard InChI is InChI=1S/C35H69NO3/c1-3-5-7-9-11-13-15-16-17-18-19-21-23-25-27-29-31-35(39)36-33(32-37)34(38)30-28-26-24-22-20-14-12-10-8-6-4-2/h28,30,33-34,37-38H,3-27,29,31-32H2,1-2H3,(H,36,39)/b30-28+. The lowest BCUT2D eigenvalue weighted by atomic mass is 10.0. The number of hydrogen-bond acceptors (Lipinski definition) is 3. The third-order valence-corrected chi connectivity index (χ3v) is 8.02. The Labute approximate surface area is 244 Å². The van der Waals surface area contributed by atoms with Gasteiger partial charge in [0.15, 0.2) is 0 Å². The van der Waals surface area contributed by atoms with Crippen molar-refractivity contribution < 1.29 is 15.0 Å². The number of allylic oxidation sites excluding steroid dienone is 1. The Morgan fingerprint density at radius 2 is 0.949 bits per heavy atom. The molecule has 0 aromatic rings. The van der Waals surface area contributed by atoms with Crippen LogP contribution in [-0.2, 0) is 4.79 Å². The second-order valence-corrected chi connectivity index (χ2v) is 11.9. The fourth-order valence-electron chi connectivity index (χ4n) is 5.29. The fraction of sp³-hybridized carbons (Fsp3) is 0.914. The molecule has 0 radical (unpaired) electrons. The van der Waals surface area contributed by atoms with E-state index in [1.165, 1.54) is 141 Å². The minimum atomic E-state index is -0.830. The third kappa shape index (κ3) is 28.5. The Morgan fingerprint density at radius 1 is 0.590 bits per heavy atom. The molecule has 0 heterocycles. The summed E-state index contributed by atoms with van der Waals surface area (Å²) in [5.41, 5.74) is 0. The van der Waals surface area contributed by atoms with Crippen LogP contribution in [0.2, 0.25) is 0 Å². The molecular formula is C35H69NO3. The SMILES string of the molecule is CCCCCCCCCCC/C=C/C(O)C(CO)NC(=O)CCCCCCCCCCCCCCCCCC. The highest BCUT2D eigenvalue weighted by Crippen LogP contribution is 2.14. The van der Waals surface area contributed by atoms with Crippen LogP contribution in [0.25, 0.3) is 0 Å². The van der Waals surface area contributed by atoms with Gasteiger partial charge < -0.3 is 15.5 Å². The molecule has 0 aliphatic carbocycles. The highest BCUT2D eigenvalue weighted by atomic mass is 16.3. The first-order valence-corrected chi connectivity index (χ1v) is 17.4. The zero-order valence-electron chi connectivity index (χ0n) is 26.4. The summed E-state index contributed by atoms with van der Waals surface area (Å²) in [6.45, 7) is 4.29. The Hall–Kier alpha value is -0.870. The zero-order valence-corrected chi connectivity index (χ0v) is 26.4. The molecule has 0 aromatic carbocycles. The summed E-state index contributed by atoms with van der Waals surface area (Å²) in [7, 11) is 0. The Balaban J connectivity index is 3.59. The average molecular weight is 552 g/mol. The van der Waals surface area contributed by atoms with Crippen molar-refractivity contribution in [3.05, 3.63) is 12.2 Å². The molecule has 232 valence electrons. The topological polar surface area (TPSA) is 69.6 Å². The molecule has 2 unspecified atom stereocenters. The predicted molar refractivity (Wildman–Crippen MR) is 170 cm³/mol. The number of carbonyl (C=O) groups is 1. The van der Waals surface area contributed by atoms with Crippen molar-refractivity contribution in [1.29, 1.82) is 0 Å². The van der Waals surface area contributed by atoms with E-state index in [4.69, 9.17) is 0 Å². The van der Waals surface area contributed by atoms with Crippen molar-refractivity contribution in [3.63, 3.8) is 0 Å². The van der Waals surface area contributed by atoms with E-state index in [-0.39, 0.29) is 12.5 Å². The highest BCUT2D eigenvalue weighted by Gasteiger charge is 2.17. The molecule has 4 heteroatoms. The quantitative estimate of drug-likeness (QED) is 0.0593. The first-order valence-electron chi connectivity index (χ1n) is 17.4. The molecule has 0 spiro atoms. The van der Waals surface area contributed by atoms with Crippen LogP contribution in [0.3, 0.4) is 0 Å². The van der Waals surface area contributed by atoms with Gasteiger partial charge in [-0.1, -0.05) is 174 Å². The number of amides is 1. The minimum Gasteiger partial charge on any atom is -0.394 e. The molecule has 3 N–H and O–H groups in total. The minimum absolute atomic E-state index is 0.0641. The fourth-order valence-corrected chi connectivity index (χ4v) is 5.29. The van der Waals surface area contributed by atoms with Gasteiger partial charge in [-0.15, -0.1) is 0 Å². The van der Waals surface area contributed by atoms with Crippen molar-refractivity contribution in [2.45, 2.75) is 199 Å². The second-order valence-electron chi connectivity index (χ2n) is 11.9. The van der Waals surface area contributed by atoms with Gasteiger partial charge in [-0.3, -0.25) is 4.79 Å². The maximum absolute atomic E-state index is 12.3. The van der Waals surface area contributed by atoms with Crippen molar-refractivity contribution in [1.82, 2.24) is 5.32 Å². The Bertz CT molecular complexity index is 522. The summed E-state index contributed by atoms with van der Waals surface area (Å²) in [5, 5.41) is 22.8. The summed E-state index contributed by atoms with van der Waals surface area (Å²) in [4.78, 5) is 12.3. The largest absolute Gasteiger partial charge is 0.394 e. The number of nitrogens with one attached hydrogen (secondary N) is 1. The van der Waals surface area contributed by atoms with Gasteiger partial charge in [-0.2, -0.15) is 0 Å². The van der Waals surface area contributed by atoms with Crippen molar-refractivity contribution in [2.24, 2.45) is 0 Å². The van der Waals surface area contributed by atoms with Gasteiger partial charge in [0, 0.05) is 6.42 Å². The van der Waals surface area contributed by atoms with E-state index >= 15 is 0 Å². The van der Waals surface area contributed by atoms with Crippen LogP contribution in [0, 0.1) is 0 Å². The molecule has 2 atom stereocenters. The summed E-state index contributed by atoms with van der Waals surface area (Å²) < 4.78 is 0. The lowest BCUT2D eigenvalue weighted by Crippen LogP contribution is -2.45. The van der Waals surface area contributed by atoms with E-state index in [0.717, 1.165) is 25.7 Å². The van der Waals surface area contributed by atoms with Crippen molar-refractivity contribution >= 4 is 5.91 Å². The zero-order chi connectivity index (χ0) is 28.7. The van der Waals surface area contributed by atoms with Crippen molar-refractivity contribution in [2.75, 3.05) is 6.61 Å². The maximum atomic E-state index is 12.3. The van der Waals surface area contributed by atoms with Gasteiger partial charge >= 0.3 is 0 Å². The highest BCUT2D eigenvalue weighted by molar-refractivity contribution is 5.76. The molecule has 0 aliphatic heterocycles. The van der Waals surface area contributed by atoms with Crippen LogP contribution in [-0.4, -0.2) is 34.9 Å². The molecule has 1 amide bonds. The van der Waals surface area contributed by atoms with Gasteiger partial charge in [-0.25, -0.2) is 0 Å².